The molecule has 2 nitrogen and oxygen atoms in total. The van der Waals surface area contributed by atoms with E-state index >= 15 is 0 Å². The van der Waals surface area contributed by atoms with E-state index in [2.05, 4.69) is 11.8 Å². The molecule has 0 radical (unpaired) electrons. The van der Waals surface area contributed by atoms with E-state index < -0.39 is 0 Å². The molecule has 0 aromatic rings. The number of likely N-dealkylation sites (tertiary alicyclic amines) is 1. The molecule has 1 saturated heterocycles. The van der Waals surface area contributed by atoms with Gasteiger partial charge in [-0.15, -0.1) is 0 Å². The fourth-order valence-corrected chi connectivity index (χ4v) is 3.74. The number of nitrogens with zero attached hydrogens (tertiary/aromatic N) is 1. The summed E-state index contributed by atoms with van der Waals surface area (Å²) in [5, 5.41) is 9.60. The molecule has 0 aromatic carbocycles. The van der Waals surface area contributed by atoms with Crippen LogP contribution in [0, 0.1) is 5.92 Å². The van der Waals surface area contributed by atoms with Gasteiger partial charge in [0.15, 0.2) is 0 Å². The molecule has 1 aliphatic carbocycles. The van der Waals surface area contributed by atoms with Crippen LogP contribution in [0.2, 0.25) is 0 Å². The van der Waals surface area contributed by atoms with Crippen molar-refractivity contribution >= 4 is 0 Å². The van der Waals surface area contributed by atoms with Gasteiger partial charge in [0.25, 0.3) is 0 Å². The summed E-state index contributed by atoms with van der Waals surface area (Å²) in [6.07, 6.45) is 11.7. The highest BCUT2D eigenvalue weighted by atomic mass is 16.3. The third-order valence-electron chi connectivity index (χ3n) is 4.81. The third-order valence-corrected chi connectivity index (χ3v) is 4.81. The van der Waals surface area contributed by atoms with Crippen LogP contribution in [-0.2, 0) is 0 Å². The number of aliphatic hydroxyl groups excluding tert-OH is 1. The van der Waals surface area contributed by atoms with Crippen LogP contribution in [0.4, 0.5) is 0 Å². The molecule has 17 heavy (non-hydrogen) atoms. The van der Waals surface area contributed by atoms with Crippen molar-refractivity contribution in [2.45, 2.75) is 76.9 Å². The second-order valence-corrected chi connectivity index (χ2v) is 5.99. The van der Waals surface area contributed by atoms with Crippen LogP contribution < -0.4 is 0 Å². The van der Waals surface area contributed by atoms with Gasteiger partial charge in [0.1, 0.15) is 0 Å². The summed E-state index contributed by atoms with van der Waals surface area (Å²) in [7, 11) is 0. The van der Waals surface area contributed by atoms with Crippen molar-refractivity contribution in [1.82, 2.24) is 4.90 Å². The molecule has 2 fully saturated rings. The first-order valence-electron chi connectivity index (χ1n) is 7.73. The molecular weight excluding hydrogens is 210 g/mol. The van der Waals surface area contributed by atoms with Crippen molar-refractivity contribution in [3.05, 3.63) is 0 Å². The zero-order chi connectivity index (χ0) is 12.1. The summed E-state index contributed by atoms with van der Waals surface area (Å²) in [4.78, 5) is 2.73. The molecule has 3 unspecified atom stereocenters. The second kappa shape index (κ2) is 6.75. The molecule has 0 aromatic heterocycles. The van der Waals surface area contributed by atoms with E-state index in [0.29, 0.717) is 0 Å². The average molecular weight is 239 g/mol. The van der Waals surface area contributed by atoms with Crippen LogP contribution in [-0.4, -0.2) is 35.2 Å². The molecule has 100 valence electrons. The van der Waals surface area contributed by atoms with Gasteiger partial charge in [-0.2, -0.15) is 0 Å². The van der Waals surface area contributed by atoms with Crippen molar-refractivity contribution in [2.75, 3.05) is 13.1 Å². The molecule has 0 spiro atoms. The quantitative estimate of drug-likeness (QED) is 0.796. The first kappa shape index (κ1) is 13.4. The maximum atomic E-state index is 9.60. The van der Waals surface area contributed by atoms with Gasteiger partial charge < -0.3 is 10.0 Å². The van der Waals surface area contributed by atoms with E-state index in [-0.39, 0.29) is 6.10 Å². The second-order valence-electron chi connectivity index (χ2n) is 5.99. The van der Waals surface area contributed by atoms with Crippen LogP contribution in [0.1, 0.15) is 64.7 Å². The zero-order valence-electron chi connectivity index (χ0n) is 11.4. The maximum Gasteiger partial charge on any atom is 0.0538 e. The molecular formula is C15H29NO. The van der Waals surface area contributed by atoms with Crippen LogP contribution in [0.3, 0.4) is 0 Å². The van der Waals surface area contributed by atoms with Gasteiger partial charge in [0, 0.05) is 6.04 Å². The molecule has 1 N–H and O–H groups in total. The standard InChI is InChI=1S/C15H29NO/c1-2-14(17)9-6-12-16-11-5-8-13-7-3-4-10-15(13)16/h13-15,17H,2-12H2,1H3. The summed E-state index contributed by atoms with van der Waals surface area (Å²) in [5.41, 5.74) is 0. The Balaban J connectivity index is 1.74. The topological polar surface area (TPSA) is 23.5 Å². The Bertz CT molecular complexity index is 217. The van der Waals surface area contributed by atoms with Crippen molar-refractivity contribution in [3.63, 3.8) is 0 Å². The lowest BCUT2D eigenvalue weighted by molar-refractivity contribution is 0.0550. The summed E-state index contributed by atoms with van der Waals surface area (Å²) in [5.74, 6) is 0.994. The van der Waals surface area contributed by atoms with E-state index in [9.17, 15) is 5.11 Å². The van der Waals surface area contributed by atoms with Crippen molar-refractivity contribution in [3.8, 4) is 0 Å². The normalized spacial score (nSPS) is 32.1. The Morgan fingerprint density at radius 2 is 1.94 bits per heavy atom. The highest BCUT2D eigenvalue weighted by Crippen LogP contribution is 2.35. The van der Waals surface area contributed by atoms with E-state index in [1.54, 1.807) is 0 Å². The molecule has 3 atom stereocenters. The number of rotatable bonds is 5. The van der Waals surface area contributed by atoms with Gasteiger partial charge in [-0.1, -0.05) is 19.8 Å². The molecule has 2 aliphatic rings. The lowest BCUT2D eigenvalue weighted by Gasteiger charge is -2.44. The molecule has 1 heterocycles. The number of hydrogen-bond acceptors (Lipinski definition) is 2. The van der Waals surface area contributed by atoms with Crippen molar-refractivity contribution in [1.29, 1.82) is 0 Å². The fraction of sp³-hybridized carbons (Fsp3) is 1.00. The predicted molar refractivity (Wildman–Crippen MR) is 72.1 cm³/mol. The number of piperidine rings is 1. The Labute approximate surface area is 106 Å². The molecule has 1 saturated carbocycles. The van der Waals surface area contributed by atoms with Gasteiger partial charge in [0.05, 0.1) is 6.10 Å². The molecule has 2 rings (SSSR count). The minimum Gasteiger partial charge on any atom is -0.393 e. The summed E-state index contributed by atoms with van der Waals surface area (Å²) >= 11 is 0. The largest absolute Gasteiger partial charge is 0.393 e. The van der Waals surface area contributed by atoms with Gasteiger partial charge >= 0.3 is 0 Å². The van der Waals surface area contributed by atoms with Crippen LogP contribution in [0.5, 0.6) is 0 Å². The van der Waals surface area contributed by atoms with E-state index in [4.69, 9.17) is 0 Å². The van der Waals surface area contributed by atoms with Crippen molar-refractivity contribution < 1.29 is 5.11 Å². The van der Waals surface area contributed by atoms with E-state index in [1.807, 2.05) is 0 Å². The zero-order valence-corrected chi connectivity index (χ0v) is 11.4. The van der Waals surface area contributed by atoms with Crippen LogP contribution >= 0.6 is 0 Å². The number of hydrogen-bond donors (Lipinski definition) is 1. The SMILES string of the molecule is CCC(O)CCCN1CCCC2CCCCC21. The fourth-order valence-electron chi connectivity index (χ4n) is 3.74. The molecule has 1 aliphatic heterocycles. The summed E-state index contributed by atoms with van der Waals surface area (Å²) in [6, 6.07) is 0.885. The minimum absolute atomic E-state index is 0.0676. The predicted octanol–water partition coefficient (Wildman–Crippen LogP) is 3.19. The molecule has 0 amide bonds. The number of fused-ring (bicyclic) bond motifs is 1. The minimum atomic E-state index is -0.0676. The van der Waals surface area contributed by atoms with Gasteiger partial charge in [-0.3, -0.25) is 0 Å². The summed E-state index contributed by atoms with van der Waals surface area (Å²) in [6.45, 7) is 4.60. The maximum absolute atomic E-state index is 9.60. The van der Waals surface area contributed by atoms with E-state index in [0.717, 1.165) is 24.8 Å². The lowest BCUT2D eigenvalue weighted by Crippen LogP contribution is -2.47. The van der Waals surface area contributed by atoms with Crippen LogP contribution in [0.25, 0.3) is 0 Å². The van der Waals surface area contributed by atoms with Gasteiger partial charge in [-0.05, 0) is 64.0 Å². The lowest BCUT2D eigenvalue weighted by atomic mass is 9.78. The Hall–Kier alpha value is -0.0800. The van der Waals surface area contributed by atoms with Gasteiger partial charge in [-0.25, -0.2) is 0 Å². The highest BCUT2D eigenvalue weighted by Gasteiger charge is 2.32. The third kappa shape index (κ3) is 3.69. The Kier molecular flexibility index (Phi) is 5.30. The monoisotopic (exact) mass is 239 g/mol. The number of aliphatic hydroxyl groups is 1. The van der Waals surface area contributed by atoms with Crippen LogP contribution in [0.15, 0.2) is 0 Å². The van der Waals surface area contributed by atoms with Gasteiger partial charge in [0.2, 0.25) is 0 Å². The molecule has 0 bridgehead atoms. The first-order chi connectivity index (χ1) is 8.31. The average Bonchev–Trinajstić information content (AvgIpc) is 2.39. The Morgan fingerprint density at radius 3 is 2.76 bits per heavy atom. The first-order valence-corrected chi connectivity index (χ1v) is 7.73. The highest BCUT2D eigenvalue weighted by molar-refractivity contribution is 4.87. The Morgan fingerprint density at radius 1 is 1.18 bits per heavy atom. The molecule has 2 heteroatoms. The summed E-state index contributed by atoms with van der Waals surface area (Å²) < 4.78 is 0. The smallest absolute Gasteiger partial charge is 0.0538 e. The van der Waals surface area contributed by atoms with Crippen molar-refractivity contribution in [2.24, 2.45) is 5.92 Å². The van der Waals surface area contributed by atoms with E-state index in [1.165, 1.54) is 58.0 Å².